The number of imidazole rings is 1. The van der Waals surface area contributed by atoms with Gasteiger partial charge in [0.15, 0.2) is 0 Å². The molecule has 1 N–H and O–H groups in total. The zero-order chi connectivity index (χ0) is 18.4. The van der Waals surface area contributed by atoms with E-state index in [1.807, 2.05) is 10.8 Å². The third-order valence-electron chi connectivity index (χ3n) is 3.59. The average molecular weight is 385 g/mol. The van der Waals surface area contributed by atoms with Gasteiger partial charge >= 0.3 is 0 Å². The first-order chi connectivity index (χ1) is 11.8. The Labute approximate surface area is 152 Å². The number of aromatic nitrogens is 2. The summed E-state index contributed by atoms with van der Waals surface area (Å²) in [6.07, 6.45) is 7.04. The van der Waals surface area contributed by atoms with Crippen molar-refractivity contribution in [3.63, 3.8) is 0 Å². The molecule has 1 heterocycles. The van der Waals surface area contributed by atoms with Gasteiger partial charge in [0.1, 0.15) is 6.54 Å². The van der Waals surface area contributed by atoms with Gasteiger partial charge in [-0.2, -0.15) is 0 Å². The quantitative estimate of drug-likeness (QED) is 0.703. The average Bonchev–Trinajstić information content (AvgIpc) is 3.02. The molecule has 2 aromatic rings. The fourth-order valence-corrected chi connectivity index (χ4v) is 3.52. The number of carbonyl (C=O) groups excluding carboxylic acids is 1. The van der Waals surface area contributed by atoms with Crippen LogP contribution in [0.1, 0.15) is 12.0 Å². The topological polar surface area (TPSA) is 84.3 Å². The van der Waals surface area contributed by atoms with Crippen LogP contribution in [0.4, 0.5) is 5.69 Å². The van der Waals surface area contributed by atoms with Gasteiger partial charge in [0.05, 0.1) is 18.3 Å². The zero-order valence-electron chi connectivity index (χ0n) is 14.1. The summed E-state index contributed by atoms with van der Waals surface area (Å²) >= 11 is 5.91. The monoisotopic (exact) mass is 384 g/mol. The van der Waals surface area contributed by atoms with Crippen molar-refractivity contribution in [2.45, 2.75) is 19.9 Å². The van der Waals surface area contributed by atoms with Gasteiger partial charge in [0.25, 0.3) is 0 Å². The van der Waals surface area contributed by atoms with Crippen molar-refractivity contribution in [3.8, 4) is 0 Å². The Hall–Kier alpha value is -2.06. The molecule has 136 valence electrons. The van der Waals surface area contributed by atoms with E-state index in [-0.39, 0.29) is 12.5 Å². The summed E-state index contributed by atoms with van der Waals surface area (Å²) in [5.74, 6) is -0.356. The van der Waals surface area contributed by atoms with E-state index in [1.165, 1.54) is 0 Å². The molecule has 0 spiro atoms. The van der Waals surface area contributed by atoms with E-state index in [9.17, 15) is 13.2 Å². The van der Waals surface area contributed by atoms with Gasteiger partial charge in [-0.15, -0.1) is 0 Å². The molecule has 1 amide bonds. The predicted octanol–water partition coefficient (Wildman–Crippen LogP) is 1.82. The molecule has 0 fully saturated rings. The van der Waals surface area contributed by atoms with Gasteiger partial charge in [0, 0.05) is 30.5 Å². The van der Waals surface area contributed by atoms with Crippen molar-refractivity contribution in [3.05, 3.63) is 47.5 Å². The van der Waals surface area contributed by atoms with Gasteiger partial charge < -0.3 is 9.88 Å². The molecule has 0 atom stereocenters. The Morgan fingerprint density at radius 3 is 2.76 bits per heavy atom. The lowest BCUT2D eigenvalue weighted by atomic mass is 10.2. The van der Waals surface area contributed by atoms with Crippen molar-refractivity contribution in [1.29, 1.82) is 0 Å². The number of hydrogen-bond donors (Lipinski definition) is 1. The molecule has 0 aliphatic carbocycles. The van der Waals surface area contributed by atoms with E-state index in [0.717, 1.165) is 23.5 Å². The van der Waals surface area contributed by atoms with Crippen LogP contribution in [0, 0.1) is 6.92 Å². The van der Waals surface area contributed by atoms with Crippen LogP contribution in [-0.4, -0.2) is 43.2 Å². The van der Waals surface area contributed by atoms with E-state index in [2.05, 4.69) is 10.3 Å². The number of rotatable bonds is 8. The molecular formula is C16H21ClN4O3S. The van der Waals surface area contributed by atoms with Gasteiger partial charge in [0.2, 0.25) is 15.9 Å². The first-order valence-corrected chi connectivity index (χ1v) is 9.96. The minimum atomic E-state index is -3.60. The highest BCUT2D eigenvalue weighted by molar-refractivity contribution is 7.92. The summed E-state index contributed by atoms with van der Waals surface area (Å²) in [6.45, 7) is 2.66. The van der Waals surface area contributed by atoms with Crippen molar-refractivity contribution in [2.24, 2.45) is 0 Å². The number of halogens is 1. The largest absolute Gasteiger partial charge is 0.354 e. The number of nitrogens with zero attached hydrogens (tertiary/aromatic N) is 3. The molecule has 0 aliphatic rings. The second-order valence-corrected chi connectivity index (χ2v) is 8.05. The minimum absolute atomic E-state index is 0.271. The molecule has 0 radical (unpaired) electrons. The molecule has 1 aromatic heterocycles. The Bertz CT molecular complexity index is 822. The van der Waals surface area contributed by atoms with Crippen molar-refractivity contribution >= 4 is 33.2 Å². The number of carbonyl (C=O) groups is 1. The summed E-state index contributed by atoms with van der Waals surface area (Å²) < 4.78 is 27.2. The summed E-state index contributed by atoms with van der Waals surface area (Å²) in [5, 5.41) is 3.26. The maximum Gasteiger partial charge on any atom is 0.240 e. The number of aryl methyl sites for hydroxylation is 2. The summed E-state index contributed by atoms with van der Waals surface area (Å²) in [7, 11) is -3.60. The Morgan fingerprint density at radius 1 is 1.40 bits per heavy atom. The lowest BCUT2D eigenvalue weighted by molar-refractivity contribution is -0.119. The fraction of sp³-hybridized carbons (Fsp3) is 0.375. The number of sulfonamides is 1. The molecule has 2 rings (SSSR count). The van der Waals surface area contributed by atoms with Crippen LogP contribution < -0.4 is 9.62 Å². The molecule has 7 nitrogen and oxygen atoms in total. The van der Waals surface area contributed by atoms with E-state index >= 15 is 0 Å². The van der Waals surface area contributed by atoms with Crippen LogP contribution in [0.25, 0.3) is 0 Å². The normalized spacial score (nSPS) is 11.3. The first kappa shape index (κ1) is 19.3. The Morgan fingerprint density at radius 2 is 2.16 bits per heavy atom. The third kappa shape index (κ3) is 5.75. The summed E-state index contributed by atoms with van der Waals surface area (Å²) in [5.41, 5.74) is 1.13. The summed E-state index contributed by atoms with van der Waals surface area (Å²) in [4.78, 5) is 16.1. The molecule has 0 saturated heterocycles. The van der Waals surface area contributed by atoms with Crippen LogP contribution in [0.2, 0.25) is 5.02 Å². The van der Waals surface area contributed by atoms with Gasteiger partial charge in [-0.25, -0.2) is 13.4 Å². The SMILES string of the molecule is Cc1cc(Cl)ccc1N(CC(=O)NCCCn1ccnc1)S(C)(=O)=O. The van der Waals surface area contributed by atoms with Crippen LogP contribution in [-0.2, 0) is 21.4 Å². The molecule has 0 aliphatic heterocycles. The van der Waals surface area contributed by atoms with Gasteiger partial charge in [-0.1, -0.05) is 11.6 Å². The van der Waals surface area contributed by atoms with Crippen molar-refractivity contribution in [2.75, 3.05) is 23.7 Å². The highest BCUT2D eigenvalue weighted by atomic mass is 35.5. The molecular weight excluding hydrogens is 364 g/mol. The van der Waals surface area contributed by atoms with Crippen molar-refractivity contribution < 1.29 is 13.2 Å². The second-order valence-electron chi connectivity index (χ2n) is 5.70. The van der Waals surface area contributed by atoms with Crippen LogP contribution in [0.15, 0.2) is 36.9 Å². The first-order valence-electron chi connectivity index (χ1n) is 7.73. The standard InChI is InChI=1S/C16H21ClN4O3S/c1-13-10-14(17)4-5-15(13)21(25(2,23)24)11-16(22)19-6-3-8-20-9-7-18-12-20/h4-5,7,9-10,12H,3,6,8,11H2,1-2H3,(H,19,22). The molecule has 0 saturated carbocycles. The lowest BCUT2D eigenvalue weighted by Gasteiger charge is -2.23. The molecule has 25 heavy (non-hydrogen) atoms. The maximum absolute atomic E-state index is 12.2. The number of benzene rings is 1. The second kappa shape index (κ2) is 8.35. The Kier molecular flexibility index (Phi) is 6.44. The predicted molar refractivity (Wildman–Crippen MR) is 98.2 cm³/mol. The van der Waals surface area contributed by atoms with Gasteiger partial charge in [-0.3, -0.25) is 9.10 Å². The van der Waals surface area contributed by atoms with E-state index < -0.39 is 10.0 Å². The Balaban J connectivity index is 1.96. The van der Waals surface area contributed by atoms with Crippen LogP contribution in [0.5, 0.6) is 0 Å². The number of nitrogens with one attached hydrogen (secondary N) is 1. The highest BCUT2D eigenvalue weighted by Gasteiger charge is 2.22. The molecule has 1 aromatic carbocycles. The molecule has 0 bridgehead atoms. The van der Waals surface area contributed by atoms with Gasteiger partial charge in [-0.05, 0) is 37.1 Å². The number of amides is 1. The number of hydrogen-bond acceptors (Lipinski definition) is 4. The van der Waals surface area contributed by atoms with E-state index in [1.54, 1.807) is 37.6 Å². The third-order valence-corrected chi connectivity index (χ3v) is 4.95. The lowest BCUT2D eigenvalue weighted by Crippen LogP contribution is -2.41. The smallest absolute Gasteiger partial charge is 0.240 e. The minimum Gasteiger partial charge on any atom is -0.354 e. The summed E-state index contributed by atoms with van der Waals surface area (Å²) in [6, 6.07) is 4.87. The fourth-order valence-electron chi connectivity index (χ4n) is 2.37. The molecule has 9 heteroatoms. The van der Waals surface area contributed by atoms with E-state index in [0.29, 0.717) is 22.8 Å². The van der Waals surface area contributed by atoms with Crippen LogP contribution in [0.3, 0.4) is 0 Å². The maximum atomic E-state index is 12.2. The van der Waals surface area contributed by atoms with E-state index in [4.69, 9.17) is 11.6 Å². The van der Waals surface area contributed by atoms with Crippen LogP contribution >= 0.6 is 11.6 Å². The molecule has 0 unspecified atom stereocenters. The van der Waals surface area contributed by atoms with Crippen molar-refractivity contribution in [1.82, 2.24) is 14.9 Å². The highest BCUT2D eigenvalue weighted by Crippen LogP contribution is 2.25. The zero-order valence-corrected chi connectivity index (χ0v) is 15.7. The number of anilines is 1.